The van der Waals surface area contributed by atoms with E-state index in [1.54, 1.807) is 14.0 Å². The van der Waals surface area contributed by atoms with Crippen LogP contribution < -0.4 is 5.32 Å². The van der Waals surface area contributed by atoms with Crippen LogP contribution in [0.25, 0.3) is 0 Å². The maximum Gasteiger partial charge on any atom is 0.269 e. The van der Waals surface area contributed by atoms with Crippen LogP contribution in [0, 0.1) is 0 Å². The monoisotopic (exact) mass is 316 g/mol. The van der Waals surface area contributed by atoms with Crippen molar-refractivity contribution < 1.29 is 9.59 Å². The highest BCUT2D eigenvalue weighted by molar-refractivity contribution is 5.92. The number of hydrogen-bond donors (Lipinski definition) is 1. The predicted molar refractivity (Wildman–Crippen MR) is 87.0 cm³/mol. The summed E-state index contributed by atoms with van der Waals surface area (Å²) in [5.41, 5.74) is 2.95. The van der Waals surface area contributed by atoms with E-state index in [2.05, 4.69) is 15.2 Å². The van der Waals surface area contributed by atoms with E-state index in [0.29, 0.717) is 11.7 Å². The Morgan fingerprint density at radius 1 is 1.22 bits per heavy atom. The number of fused-ring (bicyclic) bond motifs is 1. The van der Waals surface area contributed by atoms with Crippen molar-refractivity contribution >= 4 is 11.8 Å². The van der Waals surface area contributed by atoms with Crippen molar-refractivity contribution in [2.45, 2.75) is 38.8 Å². The summed E-state index contributed by atoms with van der Waals surface area (Å²) >= 11 is 0. The van der Waals surface area contributed by atoms with Crippen molar-refractivity contribution in [3.8, 4) is 0 Å². The molecular weight excluding hydrogens is 292 g/mol. The van der Waals surface area contributed by atoms with E-state index in [1.165, 1.54) is 11.1 Å². The summed E-state index contributed by atoms with van der Waals surface area (Å²) in [6.07, 6.45) is 4.88. The summed E-state index contributed by atoms with van der Waals surface area (Å²) in [6, 6.07) is 2.46. The molecule has 2 aliphatic heterocycles. The molecule has 23 heavy (non-hydrogen) atoms. The number of rotatable bonds is 2. The molecule has 0 aliphatic carbocycles. The van der Waals surface area contributed by atoms with Gasteiger partial charge in [-0.2, -0.15) is 0 Å². The van der Waals surface area contributed by atoms with Gasteiger partial charge in [0, 0.05) is 52.4 Å². The highest BCUT2D eigenvalue weighted by Gasteiger charge is 2.28. The smallest absolute Gasteiger partial charge is 0.269 e. The SMILES string of the molecule is CNC(=O)c1cc2c(cn1)CN(C1CCN(C(C)=O)CC1)CC2. The summed E-state index contributed by atoms with van der Waals surface area (Å²) in [4.78, 5) is 31.8. The minimum absolute atomic E-state index is 0.133. The van der Waals surface area contributed by atoms with Crippen LogP contribution >= 0.6 is 0 Å². The van der Waals surface area contributed by atoms with Crippen LogP contribution in [0.3, 0.4) is 0 Å². The summed E-state index contributed by atoms with van der Waals surface area (Å²) in [7, 11) is 1.62. The van der Waals surface area contributed by atoms with E-state index in [4.69, 9.17) is 0 Å². The standard InChI is InChI=1S/C17H24N4O2/c1-12(22)20-7-4-15(5-8-20)21-6-3-13-9-16(17(23)18-2)19-10-14(13)11-21/h9-10,15H,3-8,11H2,1-2H3,(H,18,23). The molecule has 0 saturated carbocycles. The molecule has 6 nitrogen and oxygen atoms in total. The minimum atomic E-state index is -0.133. The molecular formula is C17H24N4O2. The van der Waals surface area contributed by atoms with Gasteiger partial charge in [0.1, 0.15) is 5.69 Å². The molecule has 6 heteroatoms. The summed E-state index contributed by atoms with van der Waals surface area (Å²) in [6.45, 7) is 5.26. The number of pyridine rings is 1. The third-order valence-corrected chi connectivity index (χ3v) is 5.01. The van der Waals surface area contributed by atoms with Crippen LogP contribution in [0.4, 0.5) is 0 Å². The zero-order chi connectivity index (χ0) is 16.4. The fraction of sp³-hybridized carbons (Fsp3) is 0.588. The molecule has 1 fully saturated rings. The van der Waals surface area contributed by atoms with Crippen molar-refractivity contribution in [2.24, 2.45) is 0 Å². The number of carbonyl (C=O) groups excluding carboxylic acids is 2. The van der Waals surface area contributed by atoms with Gasteiger partial charge in [0.05, 0.1) is 0 Å². The van der Waals surface area contributed by atoms with Gasteiger partial charge in [-0.05, 0) is 36.5 Å². The topological polar surface area (TPSA) is 65.5 Å². The van der Waals surface area contributed by atoms with E-state index >= 15 is 0 Å². The third-order valence-electron chi connectivity index (χ3n) is 5.01. The Kier molecular flexibility index (Phi) is 4.61. The van der Waals surface area contributed by atoms with Crippen LogP contribution in [0.2, 0.25) is 0 Å². The molecule has 0 unspecified atom stereocenters. The van der Waals surface area contributed by atoms with Crippen molar-refractivity contribution in [1.82, 2.24) is 20.1 Å². The second-order valence-corrected chi connectivity index (χ2v) is 6.38. The highest BCUT2D eigenvalue weighted by Crippen LogP contribution is 2.25. The van der Waals surface area contributed by atoms with Crippen molar-refractivity contribution in [3.05, 3.63) is 29.1 Å². The molecule has 1 aromatic rings. The summed E-state index contributed by atoms with van der Waals surface area (Å²) in [5, 5.41) is 2.62. The van der Waals surface area contributed by atoms with Gasteiger partial charge in [-0.1, -0.05) is 0 Å². The van der Waals surface area contributed by atoms with Crippen LogP contribution in [-0.4, -0.2) is 59.3 Å². The summed E-state index contributed by atoms with van der Waals surface area (Å²) < 4.78 is 0. The number of hydrogen-bond acceptors (Lipinski definition) is 4. The first-order valence-electron chi connectivity index (χ1n) is 8.28. The first kappa shape index (κ1) is 15.9. The largest absolute Gasteiger partial charge is 0.354 e. The van der Waals surface area contributed by atoms with Gasteiger partial charge in [-0.3, -0.25) is 19.5 Å². The molecule has 0 radical (unpaired) electrons. The molecule has 2 amide bonds. The molecule has 0 bridgehead atoms. The molecule has 1 saturated heterocycles. The third kappa shape index (κ3) is 3.37. The Morgan fingerprint density at radius 2 is 1.96 bits per heavy atom. The van der Waals surface area contributed by atoms with E-state index in [-0.39, 0.29) is 11.8 Å². The van der Waals surface area contributed by atoms with Crippen LogP contribution in [-0.2, 0) is 17.8 Å². The Bertz CT molecular complexity index is 609. The maximum atomic E-state index is 11.7. The van der Waals surface area contributed by atoms with Gasteiger partial charge in [-0.25, -0.2) is 0 Å². The Hall–Kier alpha value is -1.95. The number of amides is 2. The molecule has 2 aliphatic rings. The van der Waals surface area contributed by atoms with Gasteiger partial charge >= 0.3 is 0 Å². The number of aromatic nitrogens is 1. The van der Waals surface area contributed by atoms with E-state index in [9.17, 15) is 9.59 Å². The summed E-state index contributed by atoms with van der Waals surface area (Å²) in [5.74, 6) is 0.0465. The van der Waals surface area contributed by atoms with E-state index in [0.717, 1.165) is 45.4 Å². The quantitative estimate of drug-likeness (QED) is 0.877. The van der Waals surface area contributed by atoms with Gasteiger partial charge in [0.2, 0.25) is 5.91 Å². The van der Waals surface area contributed by atoms with Gasteiger partial charge in [-0.15, -0.1) is 0 Å². The lowest BCUT2D eigenvalue weighted by atomic mass is 9.96. The van der Waals surface area contributed by atoms with E-state index in [1.807, 2.05) is 17.2 Å². The van der Waals surface area contributed by atoms with Crippen LogP contribution in [0.15, 0.2) is 12.3 Å². The zero-order valence-electron chi connectivity index (χ0n) is 13.8. The molecule has 124 valence electrons. The molecule has 3 rings (SSSR count). The number of likely N-dealkylation sites (tertiary alicyclic amines) is 1. The van der Waals surface area contributed by atoms with E-state index < -0.39 is 0 Å². The lowest BCUT2D eigenvalue weighted by molar-refractivity contribution is -0.130. The lowest BCUT2D eigenvalue weighted by Gasteiger charge is -2.40. The number of piperidine rings is 1. The average Bonchev–Trinajstić information content (AvgIpc) is 2.60. The van der Waals surface area contributed by atoms with Crippen molar-refractivity contribution in [3.63, 3.8) is 0 Å². The molecule has 0 atom stereocenters. The van der Waals surface area contributed by atoms with Crippen molar-refractivity contribution in [1.29, 1.82) is 0 Å². The molecule has 3 heterocycles. The highest BCUT2D eigenvalue weighted by atomic mass is 16.2. The van der Waals surface area contributed by atoms with Gasteiger partial charge in [0.25, 0.3) is 5.91 Å². The number of nitrogens with zero attached hydrogens (tertiary/aromatic N) is 3. The van der Waals surface area contributed by atoms with Crippen molar-refractivity contribution in [2.75, 3.05) is 26.7 Å². The lowest BCUT2D eigenvalue weighted by Crippen LogP contribution is -2.47. The zero-order valence-corrected chi connectivity index (χ0v) is 13.8. The predicted octanol–water partition coefficient (Wildman–Crippen LogP) is 0.810. The fourth-order valence-corrected chi connectivity index (χ4v) is 3.57. The second kappa shape index (κ2) is 6.66. The minimum Gasteiger partial charge on any atom is -0.354 e. The fourth-order valence-electron chi connectivity index (χ4n) is 3.57. The normalized spacial score (nSPS) is 19.3. The molecule has 1 aromatic heterocycles. The Morgan fingerprint density at radius 3 is 2.61 bits per heavy atom. The molecule has 0 spiro atoms. The first-order chi connectivity index (χ1) is 11.1. The second-order valence-electron chi connectivity index (χ2n) is 6.38. The Balaban J connectivity index is 1.65. The molecule has 1 N–H and O–H groups in total. The number of carbonyl (C=O) groups is 2. The Labute approximate surface area is 136 Å². The van der Waals surface area contributed by atoms with Gasteiger partial charge < -0.3 is 10.2 Å². The molecule has 0 aromatic carbocycles. The number of nitrogens with one attached hydrogen (secondary N) is 1. The van der Waals surface area contributed by atoms with Crippen LogP contribution in [0.1, 0.15) is 41.4 Å². The first-order valence-corrected chi connectivity index (χ1v) is 8.28. The average molecular weight is 316 g/mol. The maximum absolute atomic E-state index is 11.7. The van der Waals surface area contributed by atoms with Gasteiger partial charge in [0.15, 0.2) is 0 Å². The van der Waals surface area contributed by atoms with Crippen LogP contribution in [0.5, 0.6) is 0 Å².